The van der Waals surface area contributed by atoms with Crippen LogP contribution in [-0.4, -0.2) is 38.3 Å². The number of halogens is 2. The number of benzene rings is 1. The van der Waals surface area contributed by atoms with Crippen LogP contribution in [0.3, 0.4) is 0 Å². The van der Waals surface area contributed by atoms with Gasteiger partial charge >= 0.3 is 0 Å². The molecule has 0 spiro atoms. The zero-order chi connectivity index (χ0) is 13.8. The van der Waals surface area contributed by atoms with E-state index in [2.05, 4.69) is 4.90 Å². The van der Waals surface area contributed by atoms with Crippen LogP contribution in [0.15, 0.2) is 12.1 Å². The number of ether oxygens (including phenoxy) is 2. The van der Waals surface area contributed by atoms with Crippen molar-refractivity contribution >= 4 is 24.0 Å². The first-order valence-electron chi connectivity index (χ1n) is 6.53. The molecular formula is C14H22Cl2N2O2. The van der Waals surface area contributed by atoms with Crippen LogP contribution in [-0.2, 0) is 6.54 Å². The molecule has 114 valence electrons. The molecule has 1 saturated heterocycles. The van der Waals surface area contributed by atoms with Gasteiger partial charge in [-0.2, -0.15) is 0 Å². The number of rotatable bonds is 4. The van der Waals surface area contributed by atoms with Crippen LogP contribution in [0.2, 0.25) is 5.02 Å². The van der Waals surface area contributed by atoms with E-state index in [1.54, 1.807) is 14.2 Å². The second-order valence-electron chi connectivity index (χ2n) is 4.89. The molecule has 0 bridgehead atoms. The summed E-state index contributed by atoms with van der Waals surface area (Å²) >= 11 is 6.38. The normalized spacial score (nSPS) is 16.6. The van der Waals surface area contributed by atoms with Crippen molar-refractivity contribution in [2.75, 3.05) is 27.3 Å². The highest BCUT2D eigenvalue weighted by atomic mass is 35.5. The fourth-order valence-electron chi connectivity index (χ4n) is 2.40. The Morgan fingerprint density at radius 1 is 1.25 bits per heavy atom. The molecule has 1 heterocycles. The molecule has 1 fully saturated rings. The van der Waals surface area contributed by atoms with Crippen LogP contribution < -0.4 is 15.2 Å². The minimum absolute atomic E-state index is 0. The summed E-state index contributed by atoms with van der Waals surface area (Å²) in [7, 11) is 3.22. The summed E-state index contributed by atoms with van der Waals surface area (Å²) in [5.74, 6) is 1.27. The van der Waals surface area contributed by atoms with Crippen LogP contribution in [0.25, 0.3) is 0 Å². The van der Waals surface area contributed by atoms with Gasteiger partial charge in [-0.05, 0) is 37.6 Å². The summed E-state index contributed by atoms with van der Waals surface area (Å²) in [4.78, 5) is 2.37. The van der Waals surface area contributed by atoms with Crippen LogP contribution in [0.4, 0.5) is 0 Å². The lowest BCUT2D eigenvalue weighted by atomic mass is 10.1. The summed E-state index contributed by atoms with van der Waals surface area (Å²) in [5, 5.41) is 0.636. The zero-order valence-corrected chi connectivity index (χ0v) is 13.5. The summed E-state index contributed by atoms with van der Waals surface area (Å²) < 4.78 is 10.6. The van der Waals surface area contributed by atoms with Gasteiger partial charge in [-0.1, -0.05) is 17.7 Å². The fourth-order valence-corrected chi connectivity index (χ4v) is 2.70. The molecule has 2 N–H and O–H groups in total. The van der Waals surface area contributed by atoms with Crippen molar-refractivity contribution in [3.8, 4) is 11.5 Å². The lowest BCUT2D eigenvalue weighted by molar-refractivity contribution is 0.205. The third kappa shape index (κ3) is 3.92. The molecule has 6 heteroatoms. The first-order chi connectivity index (χ1) is 9.15. The fraction of sp³-hybridized carbons (Fsp3) is 0.571. The van der Waals surface area contributed by atoms with Crippen LogP contribution in [0.1, 0.15) is 18.4 Å². The summed E-state index contributed by atoms with van der Waals surface area (Å²) in [6.45, 7) is 2.86. The Bertz CT molecular complexity index is 435. The topological polar surface area (TPSA) is 47.7 Å². The van der Waals surface area contributed by atoms with Gasteiger partial charge in [0.2, 0.25) is 0 Å². The average Bonchev–Trinajstić information content (AvgIpc) is 2.43. The van der Waals surface area contributed by atoms with Gasteiger partial charge in [-0.3, -0.25) is 4.90 Å². The van der Waals surface area contributed by atoms with E-state index >= 15 is 0 Å². The molecule has 0 aromatic heterocycles. The van der Waals surface area contributed by atoms with Gasteiger partial charge in [0, 0.05) is 12.6 Å². The largest absolute Gasteiger partial charge is 0.493 e. The highest BCUT2D eigenvalue weighted by Gasteiger charge is 2.19. The molecule has 20 heavy (non-hydrogen) atoms. The van der Waals surface area contributed by atoms with Gasteiger partial charge in [0.15, 0.2) is 11.5 Å². The van der Waals surface area contributed by atoms with Crippen molar-refractivity contribution in [3.05, 3.63) is 22.7 Å². The Morgan fingerprint density at radius 3 is 2.45 bits per heavy atom. The minimum Gasteiger partial charge on any atom is -0.493 e. The Kier molecular flexibility index (Phi) is 6.89. The maximum Gasteiger partial charge on any atom is 0.179 e. The predicted molar refractivity (Wildman–Crippen MR) is 84.3 cm³/mol. The summed E-state index contributed by atoms with van der Waals surface area (Å²) in [6.07, 6.45) is 2.09. The quantitative estimate of drug-likeness (QED) is 0.926. The Labute approximate surface area is 131 Å². The molecule has 2 rings (SSSR count). The molecule has 0 amide bonds. The van der Waals surface area contributed by atoms with E-state index < -0.39 is 0 Å². The Balaban J connectivity index is 0.00000200. The molecular weight excluding hydrogens is 299 g/mol. The van der Waals surface area contributed by atoms with Gasteiger partial charge in [-0.25, -0.2) is 0 Å². The standard InChI is InChI=1S/C14H21ClN2O2.ClH/c1-18-12-4-3-10(13(15)14(12)19-2)9-17-7-5-11(16)6-8-17;/h3-4,11H,5-9,16H2,1-2H3;1H. The molecule has 0 aliphatic carbocycles. The predicted octanol–water partition coefficient (Wildman–Crippen LogP) is 2.70. The van der Waals surface area contributed by atoms with E-state index in [1.165, 1.54) is 0 Å². The van der Waals surface area contributed by atoms with Crippen molar-refractivity contribution in [1.29, 1.82) is 0 Å². The van der Waals surface area contributed by atoms with Gasteiger partial charge in [0.05, 0.1) is 19.2 Å². The first kappa shape index (κ1) is 17.4. The van der Waals surface area contributed by atoms with Crippen molar-refractivity contribution in [1.82, 2.24) is 4.90 Å². The summed E-state index contributed by atoms with van der Waals surface area (Å²) in [5.41, 5.74) is 6.98. The number of hydrogen-bond donors (Lipinski definition) is 1. The lowest BCUT2D eigenvalue weighted by Crippen LogP contribution is -2.39. The third-order valence-electron chi connectivity index (χ3n) is 3.59. The second-order valence-corrected chi connectivity index (χ2v) is 5.27. The molecule has 0 unspecified atom stereocenters. The van der Waals surface area contributed by atoms with E-state index in [1.807, 2.05) is 12.1 Å². The van der Waals surface area contributed by atoms with E-state index in [-0.39, 0.29) is 12.4 Å². The molecule has 1 aliphatic rings. The van der Waals surface area contributed by atoms with Gasteiger partial charge in [-0.15, -0.1) is 12.4 Å². The smallest absolute Gasteiger partial charge is 0.179 e. The zero-order valence-electron chi connectivity index (χ0n) is 11.9. The van der Waals surface area contributed by atoms with E-state index in [9.17, 15) is 0 Å². The highest BCUT2D eigenvalue weighted by Crippen LogP contribution is 2.37. The van der Waals surface area contributed by atoms with Gasteiger partial charge in [0.25, 0.3) is 0 Å². The SMILES string of the molecule is COc1ccc(CN2CCC(N)CC2)c(Cl)c1OC.Cl. The third-order valence-corrected chi connectivity index (χ3v) is 4.01. The van der Waals surface area contributed by atoms with Crippen molar-refractivity contribution in [2.45, 2.75) is 25.4 Å². The number of nitrogens with zero attached hydrogens (tertiary/aromatic N) is 1. The molecule has 0 saturated carbocycles. The van der Waals surface area contributed by atoms with Gasteiger partial charge < -0.3 is 15.2 Å². The number of nitrogens with two attached hydrogens (primary N) is 1. The van der Waals surface area contributed by atoms with E-state index in [0.717, 1.165) is 38.0 Å². The first-order valence-corrected chi connectivity index (χ1v) is 6.90. The Morgan fingerprint density at radius 2 is 1.90 bits per heavy atom. The molecule has 0 radical (unpaired) electrons. The van der Waals surface area contributed by atoms with E-state index in [4.69, 9.17) is 26.8 Å². The van der Waals surface area contributed by atoms with Crippen LogP contribution in [0.5, 0.6) is 11.5 Å². The van der Waals surface area contributed by atoms with Gasteiger partial charge in [0.1, 0.15) is 0 Å². The number of likely N-dealkylation sites (tertiary alicyclic amines) is 1. The summed E-state index contributed by atoms with van der Waals surface area (Å²) in [6, 6.07) is 4.24. The van der Waals surface area contributed by atoms with Crippen molar-refractivity contribution in [2.24, 2.45) is 5.73 Å². The maximum atomic E-state index is 6.38. The lowest BCUT2D eigenvalue weighted by Gasteiger charge is -2.30. The minimum atomic E-state index is 0. The van der Waals surface area contributed by atoms with Crippen LogP contribution in [0, 0.1) is 0 Å². The van der Waals surface area contributed by atoms with E-state index in [0.29, 0.717) is 22.6 Å². The average molecular weight is 321 g/mol. The highest BCUT2D eigenvalue weighted by molar-refractivity contribution is 6.33. The molecule has 4 nitrogen and oxygen atoms in total. The monoisotopic (exact) mass is 320 g/mol. The molecule has 0 atom stereocenters. The molecule has 1 aromatic rings. The van der Waals surface area contributed by atoms with Crippen LogP contribution >= 0.6 is 24.0 Å². The molecule has 1 aliphatic heterocycles. The van der Waals surface area contributed by atoms with Crippen molar-refractivity contribution in [3.63, 3.8) is 0 Å². The maximum absolute atomic E-state index is 6.38. The van der Waals surface area contributed by atoms with Crippen molar-refractivity contribution < 1.29 is 9.47 Å². The second kappa shape index (κ2) is 7.93. The number of methoxy groups -OCH3 is 2. The Hall–Kier alpha value is -0.680. The number of hydrogen-bond acceptors (Lipinski definition) is 4. The number of piperidine rings is 1. The molecule has 1 aromatic carbocycles.